The second kappa shape index (κ2) is 4.98. The molecule has 0 heterocycles. The lowest BCUT2D eigenvalue weighted by Gasteiger charge is -2.32. The van der Waals surface area contributed by atoms with Gasteiger partial charge in [-0.15, -0.1) is 0 Å². The number of hydrogen-bond donors (Lipinski definition) is 2. The number of nitrogens with one attached hydrogen (secondary N) is 2. The van der Waals surface area contributed by atoms with E-state index in [-0.39, 0.29) is 23.9 Å². The molecule has 4 heteroatoms. The molecule has 80 valence electrons. The Morgan fingerprint density at radius 2 is 1.29 bits per heavy atom. The maximum absolute atomic E-state index is 10.9. The highest BCUT2D eigenvalue weighted by atomic mass is 16.2. The fourth-order valence-corrected chi connectivity index (χ4v) is 2.00. The second-order valence-electron chi connectivity index (χ2n) is 3.90. The average molecular weight is 198 g/mol. The van der Waals surface area contributed by atoms with Crippen LogP contribution in [0.4, 0.5) is 0 Å². The third-order valence-corrected chi connectivity index (χ3v) is 2.54. The molecular formula is C10H18N2O2. The van der Waals surface area contributed by atoms with Gasteiger partial charge < -0.3 is 10.6 Å². The first-order valence-electron chi connectivity index (χ1n) is 5.14. The predicted molar refractivity (Wildman–Crippen MR) is 53.7 cm³/mol. The van der Waals surface area contributed by atoms with Crippen LogP contribution in [0.1, 0.15) is 39.5 Å². The SMILES string of the molecule is CC(=O)NC1CCCCC1NC(C)=O. The molecule has 0 radical (unpaired) electrons. The van der Waals surface area contributed by atoms with E-state index in [2.05, 4.69) is 10.6 Å². The van der Waals surface area contributed by atoms with Crippen molar-refractivity contribution in [1.29, 1.82) is 0 Å². The summed E-state index contributed by atoms with van der Waals surface area (Å²) >= 11 is 0. The Hall–Kier alpha value is -1.06. The molecule has 1 fully saturated rings. The summed E-state index contributed by atoms with van der Waals surface area (Å²) in [5.74, 6) is -0.0421. The highest BCUT2D eigenvalue weighted by Gasteiger charge is 2.25. The van der Waals surface area contributed by atoms with E-state index in [1.54, 1.807) is 0 Å². The van der Waals surface area contributed by atoms with Crippen LogP contribution >= 0.6 is 0 Å². The van der Waals surface area contributed by atoms with Gasteiger partial charge >= 0.3 is 0 Å². The number of rotatable bonds is 2. The van der Waals surface area contributed by atoms with Gasteiger partial charge in [0.2, 0.25) is 11.8 Å². The number of carbonyl (C=O) groups is 2. The first-order valence-corrected chi connectivity index (χ1v) is 5.14. The maximum atomic E-state index is 10.9. The second-order valence-corrected chi connectivity index (χ2v) is 3.90. The standard InChI is InChI=1S/C10H18N2O2/c1-7(13)11-9-5-3-4-6-10(9)12-8(2)14/h9-10H,3-6H2,1-2H3,(H,11,13)(H,12,14). The molecule has 0 aliphatic heterocycles. The molecule has 2 amide bonds. The van der Waals surface area contributed by atoms with Crippen LogP contribution in [0.2, 0.25) is 0 Å². The molecule has 1 aliphatic carbocycles. The van der Waals surface area contributed by atoms with Crippen molar-refractivity contribution in [3.05, 3.63) is 0 Å². The first-order chi connectivity index (χ1) is 6.59. The minimum atomic E-state index is -0.0211. The summed E-state index contributed by atoms with van der Waals surface area (Å²) in [5, 5.41) is 5.77. The van der Waals surface area contributed by atoms with Gasteiger partial charge in [-0.2, -0.15) is 0 Å². The molecule has 0 aromatic carbocycles. The normalized spacial score (nSPS) is 26.7. The van der Waals surface area contributed by atoms with Crippen LogP contribution in [0.25, 0.3) is 0 Å². The molecule has 14 heavy (non-hydrogen) atoms. The van der Waals surface area contributed by atoms with Crippen LogP contribution in [0.15, 0.2) is 0 Å². The molecule has 1 rings (SSSR count). The minimum absolute atomic E-state index is 0.0211. The van der Waals surface area contributed by atoms with E-state index in [1.807, 2.05) is 0 Å². The number of amides is 2. The highest BCUT2D eigenvalue weighted by molar-refractivity contribution is 5.75. The van der Waals surface area contributed by atoms with Gasteiger partial charge in [-0.3, -0.25) is 9.59 Å². The van der Waals surface area contributed by atoms with Crippen molar-refractivity contribution in [2.24, 2.45) is 0 Å². The van der Waals surface area contributed by atoms with Gasteiger partial charge in [0.15, 0.2) is 0 Å². The van der Waals surface area contributed by atoms with Crippen LogP contribution in [0.3, 0.4) is 0 Å². The van der Waals surface area contributed by atoms with E-state index in [0.29, 0.717) is 0 Å². The Labute approximate surface area is 84.4 Å². The van der Waals surface area contributed by atoms with Crippen molar-refractivity contribution in [3.8, 4) is 0 Å². The minimum Gasteiger partial charge on any atom is -0.352 e. The molecule has 1 aliphatic rings. The Kier molecular flexibility index (Phi) is 3.92. The summed E-state index contributed by atoms with van der Waals surface area (Å²) < 4.78 is 0. The van der Waals surface area contributed by atoms with Crippen LogP contribution in [-0.4, -0.2) is 23.9 Å². The van der Waals surface area contributed by atoms with Gasteiger partial charge in [-0.25, -0.2) is 0 Å². The average Bonchev–Trinajstić information content (AvgIpc) is 2.06. The molecule has 0 saturated heterocycles. The van der Waals surface area contributed by atoms with Gasteiger partial charge in [0.1, 0.15) is 0 Å². The third-order valence-electron chi connectivity index (χ3n) is 2.54. The maximum Gasteiger partial charge on any atom is 0.217 e. The Morgan fingerprint density at radius 1 is 0.929 bits per heavy atom. The van der Waals surface area contributed by atoms with Gasteiger partial charge in [0.05, 0.1) is 0 Å². The Bertz CT molecular complexity index is 204. The third kappa shape index (κ3) is 3.36. The summed E-state index contributed by atoms with van der Waals surface area (Å²) in [6, 6.07) is 0.232. The molecule has 0 spiro atoms. The van der Waals surface area contributed by atoms with Crippen molar-refractivity contribution < 1.29 is 9.59 Å². The number of carbonyl (C=O) groups excluding carboxylic acids is 2. The Balaban J connectivity index is 2.49. The topological polar surface area (TPSA) is 58.2 Å². The van der Waals surface area contributed by atoms with E-state index in [1.165, 1.54) is 13.8 Å². The van der Waals surface area contributed by atoms with E-state index >= 15 is 0 Å². The summed E-state index contributed by atoms with van der Waals surface area (Å²) in [7, 11) is 0. The van der Waals surface area contributed by atoms with Gasteiger partial charge in [-0.05, 0) is 12.8 Å². The van der Waals surface area contributed by atoms with Crippen molar-refractivity contribution >= 4 is 11.8 Å². The zero-order valence-electron chi connectivity index (χ0n) is 8.80. The Morgan fingerprint density at radius 3 is 1.57 bits per heavy atom. The molecule has 4 nitrogen and oxygen atoms in total. The van der Waals surface area contributed by atoms with Crippen LogP contribution in [-0.2, 0) is 9.59 Å². The zero-order chi connectivity index (χ0) is 10.6. The van der Waals surface area contributed by atoms with Crippen molar-refractivity contribution in [1.82, 2.24) is 10.6 Å². The molecule has 2 unspecified atom stereocenters. The van der Waals surface area contributed by atoms with Gasteiger partial charge in [-0.1, -0.05) is 12.8 Å². The largest absolute Gasteiger partial charge is 0.352 e. The predicted octanol–water partition coefficient (Wildman–Crippen LogP) is 0.570. The molecule has 0 aromatic heterocycles. The van der Waals surface area contributed by atoms with Crippen molar-refractivity contribution in [2.75, 3.05) is 0 Å². The molecule has 0 aromatic rings. The van der Waals surface area contributed by atoms with Crippen LogP contribution in [0, 0.1) is 0 Å². The highest BCUT2D eigenvalue weighted by Crippen LogP contribution is 2.18. The van der Waals surface area contributed by atoms with Crippen molar-refractivity contribution in [3.63, 3.8) is 0 Å². The monoisotopic (exact) mass is 198 g/mol. The molecular weight excluding hydrogens is 180 g/mol. The zero-order valence-corrected chi connectivity index (χ0v) is 8.80. The molecule has 2 N–H and O–H groups in total. The number of hydrogen-bond acceptors (Lipinski definition) is 2. The van der Waals surface area contributed by atoms with E-state index < -0.39 is 0 Å². The lowest BCUT2D eigenvalue weighted by molar-refractivity contribution is -0.122. The molecule has 0 bridgehead atoms. The first kappa shape index (κ1) is 11.0. The van der Waals surface area contributed by atoms with E-state index in [9.17, 15) is 9.59 Å². The summed E-state index contributed by atoms with van der Waals surface area (Å²) in [6.07, 6.45) is 4.18. The fraction of sp³-hybridized carbons (Fsp3) is 0.800. The van der Waals surface area contributed by atoms with E-state index in [4.69, 9.17) is 0 Å². The smallest absolute Gasteiger partial charge is 0.217 e. The lowest BCUT2D eigenvalue weighted by Crippen LogP contribution is -2.52. The van der Waals surface area contributed by atoms with Crippen molar-refractivity contribution in [2.45, 2.75) is 51.6 Å². The quantitative estimate of drug-likeness (QED) is 0.681. The summed E-state index contributed by atoms with van der Waals surface area (Å²) in [6.45, 7) is 3.03. The van der Waals surface area contributed by atoms with Crippen LogP contribution in [0.5, 0.6) is 0 Å². The molecule has 1 saturated carbocycles. The fourth-order valence-electron chi connectivity index (χ4n) is 2.00. The van der Waals surface area contributed by atoms with Gasteiger partial charge in [0.25, 0.3) is 0 Å². The molecule has 2 atom stereocenters. The summed E-state index contributed by atoms with van der Waals surface area (Å²) in [5.41, 5.74) is 0. The van der Waals surface area contributed by atoms with E-state index in [0.717, 1.165) is 25.7 Å². The van der Waals surface area contributed by atoms with Gasteiger partial charge in [0, 0.05) is 25.9 Å². The lowest BCUT2D eigenvalue weighted by atomic mass is 9.90. The van der Waals surface area contributed by atoms with Crippen LogP contribution < -0.4 is 10.6 Å². The summed E-state index contributed by atoms with van der Waals surface area (Å²) in [4.78, 5) is 21.8.